The normalized spacial score (nSPS) is 13.3. The maximum atomic E-state index is 12.5. The quantitative estimate of drug-likeness (QED) is 0.667. The Morgan fingerprint density at radius 2 is 1.86 bits per heavy atom. The number of para-hydroxylation sites is 1. The smallest absolute Gasteiger partial charge is 0.255 e. The zero-order chi connectivity index (χ0) is 20.1. The molecule has 1 aliphatic heterocycles. The fraction of sp³-hybridized carbons (Fsp3) is 0.286. The lowest BCUT2D eigenvalue weighted by Gasteiger charge is -2.16. The Labute approximate surface area is 169 Å². The highest BCUT2D eigenvalue weighted by Crippen LogP contribution is 2.19. The van der Waals surface area contributed by atoms with Crippen LogP contribution in [0.4, 0.5) is 23.4 Å². The molecule has 8 nitrogen and oxygen atoms in total. The highest BCUT2D eigenvalue weighted by atomic mass is 16.1. The fourth-order valence-electron chi connectivity index (χ4n) is 3.16. The van der Waals surface area contributed by atoms with E-state index >= 15 is 0 Å². The van der Waals surface area contributed by atoms with Crippen molar-refractivity contribution in [1.29, 1.82) is 0 Å². The van der Waals surface area contributed by atoms with Crippen molar-refractivity contribution in [2.45, 2.75) is 26.2 Å². The number of amides is 1. The molecule has 0 aliphatic carbocycles. The molecule has 8 heteroatoms. The lowest BCUT2D eigenvalue weighted by Crippen LogP contribution is -2.22. The van der Waals surface area contributed by atoms with Crippen LogP contribution in [-0.4, -0.2) is 38.9 Å². The molecule has 1 aromatic carbocycles. The Morgan fingerprint density at radius 1 is 1.07 bits per heavy atom. The molecular weight excluding hydrogens is 366 g/mol. The highest BCUT2D eigenvalue weighted by Gasteiger charge is 2.17. The first-order chi connectivity index (χ1) is 14.2. The maximum Gasteiger partial charge on any atom is 0.255 e. The number of nitrogens with zero attached hydrogens (tertiary/aromatic N) is 5. The van der Waals surface area contributed by atoms with Crippen molar-refractivity contribution in [2.75, 3.05) is 28.6 Å². The molecule has 0 saturated carbocycles. The van der Waals surface area contributed by atoms with E-state index in [2.05, 4.69) is 35.5 Å². The molecule has 0 atom stereocenters. The summed E-state index contributed by atoms with van der Waals surface area (Å²) in [5.74, 6) is 2.15. The number of aryl methyl sites for hydroxylation is 1. The van der Waals surface area contributed by atoms with E-state index < -0.39 is 0 Å². The molecule has 29 heavy (non-hydrogen) atoms. The number of pyridine rings is 1. The molecule has 0 bridgehead atoms. The second-order valence-corrected chi connectivity index (χ2v) is 6.80. The van der Waals surface area contributed by atoms with Crippen LogP contribution in [0, 0.1) is 0 Å². The second kappa shape index (κ2) is 8.64. The van der Waals surface area contributed by atoms with Crippen molar-refractivity contribution < 1.29 is 4.79 Å². The van der Waals surface area contributed by atoms with Crippen LogP contribution in [0.3, 0.4) is 0 Å². The molecule has 0 radical (unpaired) electrons. The number of hydrogen-bond donors (Lipinski definition) is 2. The first kappa shape index (κ1) is 18.8. The van der Waals surface area contributed by atoms with E-state index in [0.29, 0.717) is 29.7 Å². The molecule has 0 spiro atoms. The van der Waals surface area contributed by atoms with E-state index in [9.17, 15) is 4.79 Å². The van der Waals surface area contributed by atoms with Gasteiger partial charge in [0, 0.05) is 37.0 Å². The number of nitrogens with one attached hydrogen (secondary N) is 2. The van der Waals surface area contributed by atoms with Crippen molar-refractivity contribution in [3.8, 4) is 0 Å². The van der Waals surface area contributed by atoms with Crippen LogP contribution in [0.15, 0.2) is 48.7 Å². The van der Waals surface area contributed by atoms with E-state index in [-0.39, 0.29) is 5.91 Å². The summed E-state index contributed by atoms with van der Waals surface area (Å²) >= 11 is 0. The van der Waals surface area contributed by atoms with Crippen LogP contribution >= 0.6 is 0 Å². The van der Waals surface area contributed by atoms with Gasteiger partial charge < -0.3 is 15.5 Å². The molecule has 2 N–H and O–H groups in total. The van der Waals surface area contributed by atoms with Gasteiger partial charge in [-0.15, -0.1) is 0 Å². The Balaban J connectivity index is 1.53. The molecule has 2 aromatic heterocycles. The van der Waals surface area contributed by atoms with E-state index in [4.69, 9.17) is 0 Å². The van der Waals surface area contributed by atoms with Crippen molar-refractivity contribution >= 4 is 29.3 Å². The molecule has 148 valence electrons. The van der Waals surface area contributed by atoms with Gasteiger partial charge in [0.15, 0.2) is 0 Å². The average molecular weight is 389 g/mol. The first-order valence-corrected chi connectivity index (χ1v) is 9.80. The predicted molar refractivity (Wildman–Crippen MR) is 113 cm³/mol. The van der Waals surface area contributed by atoms with Crippen LogP contribution < -0.4 is 15.5 Å². The summed E-state index contributed by atoms with van der Waals surface area (Å²) in [5, 5.41) is 5.99. The highest BCUT2D eigenvalue weighted by molar-refractivity contribution is 6.04. The van der Waals surface area contributed by atoms with E-state index in [0.717, 1.165) is 37.4 Å². The summed E-state index contributed by atoms with van der Waals surface area (Å²) in [7, 11) is 0. The van der Waals surface area contributed by atoms with Crippen molar-refractivity contribution in [3.05, 3.63) is 60.0 Å². The third-order valence-electron chi connectivity index (χ3n) is 4.67. The topological polar surface area (TPSA) is 95.9 Å². The van der Waals surface area contributed by atoms with E-state index in [1.165, 1.54) is 0 Å². The third-order valence-corrected chi connectivity index (χ3v) is 4.67. The molecule has 1 fully saturated rings. The van der Waals surface area contributed by atoms with Crippen LogP contribution in [0.5, 0.6) is 0 Å². The number of carbonyl (C=O) groups is 1. The standard InChI is InChI=1S/C21H23N7O/c1-2-17-24-20(27-21(26-17)28-12-6-7-13-28)25-18-14-15(10-11-22-18)19(29)23-16-8-4-3-5-9-16/h3-5,8-11,14H,2,6-7,12-13H2,1H3,(H,23,29)(H,22,24,25,26,27). The maximum absolute atomic E-state index is 12.5. The first-order valence-electron chi connectivity index (χ1n) is 9.80. The van der Waals surface area contributed by atoms with Gasteiger partial charge in [-0.2, -0.15) is 15.0 Å². The zero-order valence-electron chi connectivity index (χ0n) is 16.3. The van der Waals surface area contributed by atoms with Gasteiger partial charge in [-0.05, 0) is 37.1 Å². The minimum atomic E-state index is -0.204. The van der Waals surface area contributed by atoms with Gasteiger partial charge in [0.25, 0.3) is 5.91 Å². The van der Waals surface area contributed by atoms with Crippen LogP contribution in [-0.2, 0) is 6.42 Å². The molecule has 1 amide bonds. The average Bonchev–Trinajstić information content (AvgIpc) is 3.29. The van der Waals surface area contributed by atoms with Gasteiger partial charge in [-0.3, -0.25) is 4.79 Å². The zero-order valence-corrected chi connectivity index (χ0v) is 16.3. The molecule has 4 rings (SSSR count). The Morgan fingerprint density at radius 3 is 2.62 bits per heavy atom. The molecule has 0 unspecified atom stereocenters. The molecule has 1 saturated heterocycles. The summed E-state index contributed by atoms with van der Waals surface area (Å²) in [6.07, 6.45) is 4.60. The van der Waals surface area contributed by atoms with Crippen LogP contribution in [0.25, 0.3) is 0 Å². The molecule has 3 aromatic rings. The van der Waals surface area contributed by atoms with Crippen molar-refractivity contribution in [3.63, 3.8) is 0 Å². The lowest BCUT2D eigenvalue weighted by atomic mass is 10.2. The summed E-state index contributed by atoms with van der Waals surface area (Å²) in [6, 6.07) is 12.7. The number of anilines is 4. The largest absolute Gasteiger partial charge is 0.341 e. The summed E-state index contributed by atoms with van der Waals surface area (Å²) in [6.45, 7) is 3.93. The van der Waals surface area contributed by atoms with E-state index in [1.54, 1.807) is 18.3 Å². The van der Waals surface area contributed by atoms with Gasteiger partial charge >= 0.3 is 0 Å². The van der Waals surface area contributed by atoms with Gasteiger partial charge in [-0.25, -0.2) is 4.98 Å². The Kier molecular flexibility index (Phi) is 5.60. The monoisotopic (exact) mass is 389 g/mol. The number of benzene rings is 1. The van der Waals surface area contributed by atoms with Crippen molar-refractivity contribution in [2.24, 2.45) is 0 Å². The van der Waals surface area contributed by atoms with Crippen LogP contribution in [0.2, 0.25) is 0 Å². The van der Waals surface area contributed by atoms with Crippen LogP contribution in [0.1, 0.15) is 35.9 Å². The van der Waals surface area contributed by atoms with Crippen molar-refractivity contribution in [1.82, 2.24) is 19.9 Å². The summed E-state index contributed by atoms with van der Waals surface area (Å²) in [5.41, 5.74) is 1.24. The van der Waals surface area contributed by atoms with Gasteiger partial charge in [0.1, 0.15) is 11.6 Å². The molecule has 3 heterocycles. The molecular formula is C21H23N7O. The Bertz CT molecular complexity index is 987. The minimum absolute atomic E-state index is 0.204. The lowest BCUT2D eigenvalue weighted by molar-refractivity contribution is 0.102. The minimum Gasteiger partial charge on any atom is -0.341 e. The predicted octanol–water partition coefficient (Wildman–Crippen LogP) is 3.43. The number of aromatic nitrogens is 4. The third kappa shape index (κ3) is 4.66. The number of carbonyl (C=O) groups excluding carboxylic acids is 1. The van der Waals surface area contributed by atoms with Gasteiger partial charge in [0.05, 0.1) is 0 Å². The summed E-state index contributed by atoms with van der Waals surface area (Å²) < 4.78 is 0. The molecule has 1 aliphatic rings. The van der Waals surface area contributed by atoms with E-state index in [1.807, 2.05) is 37.3 Å². The number of hydrogen-bond acceptors (Lipinski definition) is 7. The second-order valence-electron chi connectivity index (χ2n) is 6.80. The fourth-order valence-corrected chi connectivity index (χ4v) is 3.16. The Hall–Kier alpha value is -3.55. The summed E-state index contributed by atoms with van der Waals surface area (Å²) in [4.78, 5) is 32.6. The SMILES string of the molecule is CCc1nc(Nc2cc(C(=O)Nc3ccccc3)ccn2)nc(N2CCCC2)n1. The van der Waals surface area contributed by atoms with Gasteiger partial charge in [-0.1, -0.05) is 25.1 Å². The number of rotatable bonds is 6. The van der Waals surface area contributed by atoms with Gasteiger partial charge in [0.2, 0.25) is 11.9 Å².